The van der Waals surface area contributed by atoms with Crippen molar-refractivity contribution in [3.8, 4) is 0 Å². The first-order valence-corrected chi connectivity index (χ1v) is 6.99. The average molecular weight is 265 g/mol. The van der Waals surface area contributed by atoms with Crippen molar-refractivity contribution in [3.05, 3.63) is 6.07 Å². The molecule has 0 bridgehead atoms. The van der Waals surface area contributed by atoms with E-state index in [1.165, 1.54) is 6.42 Å². The lowest BCUT2D eigenvalue weighted by Gasteiger charge is -2.27. The van der Waals surface area contributed by atoms with Crippen molar-refractivity contribution in [1.29, 1.82) is 0 Å². The second-order valence-electron chi connectivity index (χ2n) is 5.02. The molecule has 1 heterocycles. The highest BCUT2D eigenvalue weighted by Crippen LogP contribution is 2.24. The Bertz CT molecular complexity index is 412. The minimum atomic E-state index is -0.200. The topological polar surface area (TPSA) is 96.1 Å². The zero-order valence-corrected chi connectivity index (χ0v) is 11.4. The number of rotatable bonds is 5. The molecule has 2 atom stereocenters. The summed E-state index contributed by atoms with van der Waals surface area (Å²) >= 11 is 0. The molecule has 6 heteroatoms. The van der Waals surface area contributed by atoms with E-state index in [0.29, 0.717) is 11.7 Å². The number of nitrogens with one attached hydrogen (secondary N) is 2. The summed E-state index contributed by atoms with van der Waals surface area (Å²) in [5, 5.41) is 16.3. The number of aliphatic hydroxyl groups excluding tert-OH is 1. The molecule has 5 N–H and O–H groups in total. The van der Waals surface area contributed by atoms with Gasteiger partial charge in [0.05, 0.1) is 6.10 Å². The van der Waals surface area contributed by atoms with Crippen LogP contribution in [-0.4, -0.2) is 34.3 Å². The minimum absolute atomic E-state index is 0.200. The predicted octanol–water partition coefficient (Wildman–Crippen LogP) is 1.45. The Morgan fingerprint density at radius 3 is 2.63 bits per heavy atom. The fourth-order valence-electron chi connectivity index (χ4n) is 2.49. The van der Waals surface area contributed by atoms with Crippen molar-refractivity contribution in [2.45, 2.75) is 38.7 Å². The fourth-order valence-corrected chi connectivity index (χ4v) is 2.49. The molecular formula is C13H23N5O. The van der Waals surface area contributed by atoms with Crippen LogP contribution in [0.1, 0.15) is 32.6 Å². The van der Waals surface area contributed by atoms with E-state index in [2.05, 4.69) is 20.6 Å². The average Bonchev–Trinajstić information content (AvgIpc) is 2.37. The Balaban J connectivity index is 1.94. The fraction of sp³-hybridized carbons (Fsp3) is 0.692. The van der Waals surface area contributed by atoms with Crippen LogP contribution in [0.3, 0.4) is 0 Å². The van der Waals surface area contributed by atoms with Gasteiger partial charge in [0.25, 0.3) is 0 Å². The molecule has 1 aromatic rings. The minimum Gasteiger partial charge on any atom is -0.393 e. The van der Waals surface area contributed by atoms with Gasteiger partial charge in [-0.2, -0.15) is 9.97 Å². The third kappa shape index (κ3) is 3.96. The Hall–Kier alpha value is -1.56. The summed E-state index contributed by atoms with van der Waals surface area (Å²) in [6.07, 6.45) is 4.09. The molecular weight excluding hydrogens is 242 g/mol. The summed E-state index contributed by atoms with van der Waals surface area (Å²) in [5.74, 6) is 1.99. The second kappa shape index (κ2) is 6.56. The molecule has 6 nitrogen and oxygen atoms in total. The summed E-state index contributed by atoms with van der Waals surface area (Å²) in [6.45, 7) is 3.52. The van der Waals surface area contributed by atoms with Crippen LogP contribution in [-0.2, 0) is 0 Å². The number of nitrogens with two attached hydrogens (primary N) is 1. The second-order valence-corrected chi connectivity index (χ2v) is 5.02. The van der Waals surface area contributed by atoms with Gasteiger partial charge in [-0.3, -0.25) is 0 Å². The van der Waals surface area contributed by atoms with Crippen LogP contribution in [0.4, 0.5) is 17.6 Å². The molecule has 1 saturated carbocycles. The standard InChI is InChI=1S/C13H23N5O/c1-2-15-11-7-12(18-13(14)17-11)16-8-9-5-3-4-6-10(9)19/h7,9-10,19H,2-6,8H2,1H3,(H4,14,15,16,17,18). The molecule has 0 saturated heterocycles. The van der Waals surface area contributed by atoms with Crippen LogP contribution in [0.2, 0.25) is 0 Å². The summed E-state index contributed by atoms with van der Waals surface area (Å²) in [7, 11) is 0. The summed E-state index contributed by atoms with van der Waals surface area (Å²) in [6, 6.07) is 1.84. The Morgan fingerprint density at radius 1 is 1.26 bits per heavy atom. The molecule has 1 fully saturated rings. The number of hydrogen-bond donors (Lipinski definition) is 4. The third-order valence-corrected chi connectivity index (χ3v) is 3.52. The van der Waals surface area contributed by atoms with Crippen molar-refractivity contribution < 1.29 is 5.11 Å². The molecule has 2 rings (SSSR count). The lowest BCUT2D eigenvalue weighted by atomic mass is 9.86. The van der Waals surface area contributed by atoms with Crippen LogP contribution in [0.15, 0.2) is 6.07 Å². The Labute approximate surface area is 113 Å². The Morgan fingerprint density at radius 2 is 1.95 bits per heavy atom. The zero-order valence-electron chi connectivity index (χ0n) is 11.4. The lowest BCUT2D eigenvalue weighted by molar-refractivity contribution is 0.0763. The lowest BCUT2D eigenvalue weighted by Crippen LogP contribution is -2.30. The predicted molar refractivity (Wildman–Crippen MR) is 77.1 cm³/mol. The number of hydrogen-bond acceptors (Lipinski definition) is 6. The third-order valence-electron chi connectivity index (χ3n) is 3.52. The van der Waals surface area contributed by atoms with Crippen molar-refractivity contribution in [3.63, 3.8) is 0 Å². The van der Waals surface area contributed by atoms with Gasteiger partial charge in [-0.15, -0.1) is 0 Å². The largest absolute Gasteiger partial charge is 0.393 e. The summed E-state index contributed by atoms with van der Waals surface area (Å²) < 4.78 is 0. The maximum absolute atomic E-state index is 9.93. The van der Waals surface area contributed by atoms with Crippen LogP contribution >= 0.6 is 0 Å². The van der Waals surface area contributed by atoms with E-state index in [-0.39, 0.29) is 12.1 Å². The van der Waals surface area contributed by atoms with Gasteiger partial charge in [0.15, 0.2) is 0 Å². The van der Waals surface area contributed by atoms with Crippen molar-refractivity contribution in [2.24, 2.45) is 5.92 Å². The van der Waals surface area contributed by atoms with Gasteiger partial charge in [-0.1, -0.05) is 12.8 Å². The van der Waals surface area contributed by atoms with Crippen LogP contribution in [0.5, 0.6) is 0 Å². The molecule has 0 aliphatic heterocycles. The van der Waals surface area contributed by atoms with Gasteiger partial charge in [0.1, 0.15) is 11.6 Å². The zero-order chi connectivity index (χ0) is 13.7. The molecule has 19 heavy (non-hydrogen) atoms. The van der Waals surface area contributed by atoms with Crippen LogP contribution in [0, 0.1) is 5.92 Å². The van der Waals surface area contributed by atoms with Crippen molar-refractivity contribution >= 4 is 17.6 Å². The van der Waals surface area contributed by atoms with E-state index in [0.717, 1.165) is 38.2 Å². The number of aliphatic hydroxyl groups is 1. The highest BCUT2D eigenvalue weighted by molar-refractivity contribution is 5.50. The quantitative estimate of drug-likeness (QED) is 0.643. The highest BCUT2D eigenvalue weighted by Gasteiger charge is 2.22. The first-order chi connectivity index (χ1) is 9.19. The van der Waals surface area contributed by atoms with Gasteiger partial charge in [0.2, 0.25) is 5.95 Å². The maximum Gasteiger partial charge on any atom is 0.223 e. The molecule has 1 aliphatic rings. The monoisotopic (exact) mass is 265 g/mol. The maximum atomic E-state index is 9.93. The van der Waals surface area contributed by atoms with Gasteiger partial charge in [-0.05, 0) is 19.8 Å². The summed E-state index contributed by atoms with van der Waals surface area (Å²) in [5.41, 5.74) is 5.67. The van der Waals surface area contributed by atoms with Crippen LogP contribution in [0.25, 0.3) is 0 Å². The molecule has 0 radical (unpaired) electrons. The first kappa shape index (κ1) is 13.9. The molecule has 1 aliphatic carbocycles. The van der Waals surface area contributed by atoms with Crippen molar-refractivity contribution in [2.75, 3.05) is 29.5 Å². The first-order valence-electron chi connectivity index (χ1n) is 6.99. The number of nitrogen functional groups attached to an aromatic ring is 1. The molecule has 0 spiro atoms. The van der Waals surface area contributed by atoms with Gasteiger partial charge in [-0.25, -0.2) is 0 Å². The Kier molecular flexibility index (Phi) is 4.79. The molecule has 2 unspecified atom stereocenters. The van der Waals surface area contributed by atoms with Gasteiger partial charge >= 0.3 is 0 Å². The van der Waals surface area contributed by atoms with E-state index < -0.39 is 0 Å². The summed E-state index contributed by atoms with van der Waals surface area (Å²) in [4.78, 5) is 8.26. The normalized spacial score (nSPS) is 23.1. The van der Waals surface area contributed by atoms with Crippen molar-refractivity contribution in [1.82, 2.24) is 9.97 Å². The van der Waals surface area contributed by atoms with Crippen LogP contribution < -0.4 is 16.4 Å². The molecule has 106 valence electrons. The number of anilines is 3. The van der Waals surface area contributed by atoms with E-state index in [4.69, 9.17) is 5.73 Å². The van der Waals surface area contributed by atoms with E-state index in [1.54, 1.807) is 0 Å². The molecule has 0 aromatic carbocycles. The SMILES string of the molecule is CCNc1cc(NCC2CCCCC2O)nc(N)n1. The smallest absolute Gasteiger partial charge is 0.223 e. The van der Waals surface area contributed by atoms with Gasteiger partial charge < -0.3 is 21.5 Å². The highest BCUT2D eigenvalue weighted by atomic mass is 16.3. The van der Waals surface area contributed by atoms with Gasteiger partial charge in [0, 0.05) is 25.1 Å². The van der Waals surface area contributed by atoms with E-state index in [1.807, 2.05) is 13.0 Å². The van der Waals surface area contributed by atoms with E-state index in [9.17, 15) is 5.11 Å². The molecule has 0 amide bonds. The molecule has 1 aromatic heterocycles. The number of nitrogens with zero attached hydrogens (tertiary/aromatic N) is 2. The number of aromatic nitrogens is 2. The van der Waals surface area contributed by atoms with E-state index >= 15 is 0 Å².